The van der Waals surface area contributed by atoms with Crippen molar-refractivity contribution >= 4 is 11.6 Å². The molecule has 1 saturated heterocycles. The molecule has 2 unspecified atom stereocenters. The van der Waals surface area contributed by atoms with Crippen LogP contribution in [0.5, 0.6) is 0 Å². The number of aliphatic hydroxyl groups is 1. The van der Waals surface area contributed by atoms with Crippen LogP contribution in [0.3, 0.4) is 0 Å². The van der Waals surface area contributed by atoms with Crippen LogP contribution in [0.25, 0.3) is 0 Å². The van der Waals surface area contributed by atoms with Crippen molar-refractivity contribution in [1.29, 1.82) is 0 Å². The monoisotopic (exact) mass is 189 g/mol. The summed E-state index contributed by atoms with van der Waals surface area (Å²) in [5, 5.41) is 12.9. The van der Waals surface area contributed by atoms with E-state index in [0.717, 1.165) is 31.5 Å². The Kier molecular flexibility index (Phi) is 4.06. The molecule has 1 rings (SSSR count). The van der Waals surface area contributed by atoms with E-state index in [0.29, 0.717) is 5.92 Å². The summed E-state index contributed by atoms with van der Waals surface area (Å²) in [5.74, 6) is 0.341. The van der Waals surface area contributed by atoms with Crippen LogP contribution in [0.15, 0.2) is 11.1 Å². The zero-order chi connectivity index (χ0) is 8.97. The van der Waals surface area contributed by atoms with Crippen LogP contribution in [-0.4, -0.2) is 24.3 Å². The van der Waals surface area contributed by atoms with Gasteiger partial charge < -0.3 is 10.4 Å². The smallest absolute Gasteiger partial charge is 0.0595 e. The average Bonchev–Trinajstić information content (AvgIpc) is 2.09. The number of rotatable bonds is 2. The summed E-state index contributed by atoms with van der Waals surface area (Å²) >= 11 is 5.55. The zero-order valence-electron chi connectivity index (χ0n) is 7.39. The zero-order valence-corrected chi connectivity index (χ0v) is 8.14. The predicted octanol–water partition coefficient (Wildman–Crippen LogP) is 1.49. The van der Waals surface area contributed by atoms with Crippen molar-refractivity contribution in [3.8, 4) is 0 Å². The van der Waals surface area contributed by atoms with E-state index in [1.54, 1.807) is 5.54 Å². The van der Waals surface area contributed by atoms with Crippen molar-refractivity contribution in [3.05, 3.63) is 11.1 Å². The Morgan fingerprint density at radius 3 is 3.08 bits per heavy atom. The maximum Gasteiger partial charge on any atom is 0.0595 e. The fourth-order valence-electron chi connectivity index (χ4n) is 1.58. The Morgan fingerprint density at radius 1 is 1.75 bits per heavy atom. The molecule has 12 heavy (non-hydrogen) atoms. The fourth-order valence-corrected chi connectivity index (χ4v) is 1.66. The molecule has 2 nitrogen and oxygen atoms in total. The molecule has 0 aliphatic carbocycles. The van der Waals surface area contributed by atoms with Crippen LogP contribution in [-0.2, 0) is 0 Å². The molecule has 70 valence electrons. The van der Waals surface area contributed by atoms with Gasteiger partial charge in [0.05, 0.1) is 6.10 Å². The van der Waals surface area contributed by atoms with Gasteiger partial charge >= 0.3 is 0 Å². The minimum atomic E-state index is -0.155. The molecule has 0 aromatic carbocycles. The quantitative estimate of drug-likeness (QED) is 0.690. The minimum Gasteiger partial charge on any atom is -0.393 e. The summed E-state index contributed by atoms with van der Waals surface area (Å²) in [6, 6.07) is 0. The summed E-state index contributed by atoms with van der Waals surface area (Å²) in [5.41, 5.74) is 2.74. The Hall–Kier alpha value is -0.0500. The van der Waals surface area contributed by atoms with E-state index in [-0.39, 0.29) is 6.10 Å². The van der Waals surface area contributed by atoms with Gasteiger partial charge in [0.15, 0.2) is 0 Å². The highest BCUT2D eigenvalue weighted by Crippen LogP contribution is 2.19. The molecule has 1 aliphatic heterocycles. The molecule has 0 bridgehead atoms. The van der Waals surface area contributed by atoms with E-state index >= 15 is 0 Å². The first-order valence-electron chi connectivity index (χ1n) is 4.38. The van der Waals surface area contributed by atoms with E-state index in [2.05, 4.69) is 5.32 Å². The summed E-state index contributed by atoms with van der Waals surface area (Å²) in [6.07, 6.45) is 1.61. The number of piperidine rings is 1. The lowest BCUT2D eigenvalue weighted by molar-refractivity contribution is 0.0792. The third-order valence-electron chi connectivity index (χ3n) is 2.34. The summed E-state index contributed by atoms with van der Waals surface area (Å²) < 4.78 is 0. The molecule has 0 radical (unpaired) electrons. The minimum absolute atomic E-state index is 0.155. The molecule has 0 spiro atoms. The first kappa shape index (κ1) is 10.0. The van der Waals surface area contributed by atoms with Crippen LogP contribution < -0.4 is 5.32 Å². The molecule has 0 aromatic rings. The largest absolute Gasteiger partial charge is 0.393 e. The van der Waals surface area contributed by atoms with Gasteiger partial charge in [-0.15, -0.1) is 0 Å². The lowest BCUT2D eigenvalue weighted by Gasteiger charge is -2.28. The van der Waals surface area contributed by atoms with Gasteiger partial charge in [-0.3, -0.25) is 0 Å². The molecular formula is C9H16ClNO. The van der Waals surface area contributed by atoms with Gasteiger partial charge in [-0.25, -0.2) is 0 Å². The second kappa shape index (κ2) is 4.85. The number of hydrogen-bond donors (Lipinski definition) is 2. The van der Waals surface area contributed by atoms with Crippen molar-refractivity contribution in [1.82, 2.24) is 5.32 Å². The highest BCUT2D eigenvalue weighted by Gasteiger charge is 2.22. The van der Waals surface area contributed by atoms with E-state index in [1.807, 2.05) is 6.92 Å². The first-order chi connectivity index (χ1) is 5.74. The van der Waals surface area contributed by atoms with Gasteiger partial charge in [-0.2, -0.15) is 0 Å². The predicted molar refractivity (Wildman–Crippen MR) is 51.2 cm³/mol. The van der Waals surface area contributed by atoms with Crippen LogP contribution >= 0.6 is 11.6 Å². The van der Waals surface area contributed by atoms with Gasteiger partial charge in [0.25, 0.3) is 0 Å². The highest BCUT2D eigenvalue weighted by molar-refractivity contribution is 6.25. The highest BCUT2D eigenvalue weighted by atomic mass is 35.5. The van der Waals surface area contributed by atoms with Gasteiger partial charge in [0, 0.05) is 18.0 Å². The maximum absolute atomic E-state index is 9.60. The van der Waals surface area contributed by atoms with Crippen LogP contribution in [0.1, 0.15) is 19.8 Å². The van der Waals surface area contributed by atoms with Crippen molar-refractivity contribution < 1.29 is 5.11 Å². The average molecular weight is 190 g/mol. The molecule has 2 N–H and O–H groups in total. The van der Waals surface area contributed by atoms with Crippen molar-refractivity contribution in [2.45, 2.75) is 25.9 Å². The summed E-state index contributed by atoms with van der Waals surface area (Å²) in [6.45, 7) is 3.83. The third kappa shape index (κ3) is 2.77. The molecule has 1 fully saturated rings. The maximum atomic E-state index is 9.60. The fraction of sp³-hybridized carbons (Fsp3) is 0.778. The van der Waals surface area contributed by atoms with E-state index in [1.165, 1.54) is 0 Å². The molecular weight excluding hydrogens is 174 g/mol. The van der Waals surface area contributed by atoms with Crippen molar-refractivity contribution in [2.24, 2.45) is 5.92 Å². The molecule has 0 amide bonds. The number of aliphatic hydroxyl groups excluding tert-OH is 1. The first-order valence-corrected chi connectivity index (χ1v) is 4.82. The van der Waals surface area contributed by atoms with Crippen LogP contribution in [0, 0.1) is 5.92 Å². The van der Waals surface area contributed by atoms with Crippen molar-refractivity contribution in [2.75, 3.05) is 13.1 Å². The van der Waals surface area contributed by atoms with Gasteiger partial charge in [0.2, 0.25) is 0 Å². The van der Waals surface area contributed by atoms with E-state index < -0.39 is 0 Å². The molecule has 2 atom stereocenters. The number of allylic oxidation sites excluding steroid dienone is 1. The second-order valence-corrected chi connectivity index (χ2v) is 3.70. The Bertz CT molecular complexity index is 170. The SMILES string of the molecule is CC(=CCl)CC1CNCCC1O. The van der Waals surface area contributed by atoms with Gasteiger partial charge in [-0.1, -0.05) is 17.2 Å². The Labute approximate surface area is 78.6 Å². The molecule has 0 saturated carbocycles. The molecule has 1 aliphatic rings. The third-order valence-corrected chi connectivity index (χ3v) is 2.71. The lowest BCUT2D eigenvalue weighted by atomic mass is 9.90. The number of hydrogen-bond acceptors (Lipinski definition) is 2. The Morgan fingerprint density at radius 2 is 2.50 bits per heavy atom. The Balaban J connectivity index is 2.39. The van der Waals surface area contributed by atoms with Gasteiger partial charge in [-0.05, 0) is 26.3 Å². The molecule has 0 aromatic heterocycles. The second-order valence-electron chi connectivity index (χ2n) is 3.48. The summed E-state index contributed by atoms with van der Waals surface area (Å²) in [4.78, 5) is 0. The van der Waals surface area contributed by atoms with Crippen LogP contribution in [0.4, 0.5) is 0 Å². The lowest BCUT2D eigenvalue weighted by Crippen LogP contribution is -2.39. The van der Waals surface area contributed by atoms with Crippen molar-refractivity contribution in [3.63, 3.8) is 0 Å². The van der Waals surface area contributed by atoms with Crippen LogP contribution in [0.2, 0.25) is 0 Å². The number of halogens is 1. The van der Waals surface area contributed by atoms with E-state index in [9.17, 15) is 5.11 Å². The van der Waals surface area contributed by atoms with Gasteiger partial charge in [0.1, 0.15) is 0 Å². The molecule has 1 heterocycles. The normalized spacial score (nSPS) is 32.1. The molecule has 3 heteroatoms. The number of nitrogens with one attached hydrogen (secondary N) is 1. The van der Waals surface area contributed by atoms with E-state index in [4.69, 9.17) is 11.6 Å². The standard InChI is InChI=1S/C9H16ClNO/c1-7(5-10)4-8-6-11-3-2-9(8)12/h5,8-9,11-12H,2-4,6H2,1H3. The summed E-state index contributed by atoms with van der Waals surface area (Å²) in [7, 11) is 0. The topological polar surface area (TPSA) is 32.3 Å².